The predicted octanol–water partition coefficient (Wildman–Crippen LogP) is 5.83. The molecule has 4 aromatic rings. The van der Waals surface area contributed by atoms with Crippen molar-refractivity contribution in [3.8, 4) is 5.75 Å². The van der Waals surface area contributed by atoms with Gasteiger partial charge in [-0.05, 0) is 30.5 Å². The van der Waals surface area contributed by atoms with Gasteiger partial charge in [0.05, 0.1) is 16.7 Å². The van der Waals surface area contributed by atoms with Crippen molar-refractivity contribution in [2.45, 2.75) is 32.0 Å². The van der Waals surface area contributed by atoms with Crippen molar-refractivity contribution in [2.24, 2.45) is 0 Å². The molecule has 0 aliphatic carbocycles. The van der Waals surface area contributed by atoms with Crippen LogP contribution in [0.15, 0.2) is 77.4 Å². The summed E-state index contributed by atoms with van der Waals surface area (Å²) in [7, 11) is 0. The lowest BCUT2D eigenvalue weighted by Crippen LogP contribution is -2.47. The van der Waals surface area contributed by atoms with E-state index in [1.807, 2.05) is 30.3 Å². The predicted molar refractivity (Wildman–Crippen MR) is 148 cm³/mol. The van der Waals surface area contributed by atoms with Crippen LogP contribution in [0.4, 0.5) is 19.7 Å². The molecule has 3 aromatic carbocycles. The molecule has 0 spiro atoms. The average Bonchev–Trinajstić information content (AvgIpc) is 3.64. The van der Waals surface area contributed by atoms with Crippen LogP contribution in [0.2, 0.25) is 5.02 Å². The van der Waals surface area contributed by atoms with Gasteiger partial charge in [-0.25, -0.2) is 14.0 Å². The molecule has 0 radical (unpaired) electrons. The summed E-state index contributed by atoms with van der Waals surface area (Å²) in [5.74, 6) is -0.802. The first-order valence-electron chi connectivity index (χ1n) is 12.7. The number of furan rings is 1. The van der Waals surface area contributed by atoms with Crippen molar-refractivity contribution in [1.82, 2.24) is 15.5 Å². The number of halogens is 2. The maximum absolute atomic E-state index is 14.2. The minimum atomic E-state index is -0.741. The number of fused-ring (bicyclic) bond motifs is 1. The van der Waals surface area contributed by atoms with Crippen molar-refractivity contribution in [3.05, 3.63) is 95.0 Å². The van der Waals surface area contributed by atoms with E-state index in [4.69, 9.17) is 20.8 Å². The highest BCUT2D eigenvalue weighted by molar-refractivity contribution is 6.30. The minimum Gasteiger partial charge on any atom is -0.464 e. The molecule has 1 saturated heterocycles. The molecule has 1 atom stereocenters. The summed E-state index contributed by atoms with van der Waals surface area (Å²) in [4.78, 5) is 40.0. The molecule has 11 heteroatoms. The first-order chi connectivity index (χ1) is 19.4. The fraction of sp³-hybridized carbons (Fsp3) is 0.207. The van der Waals surface area contributed by atoms with E-state index in [0.29, 0.717) is 36.0 Å². The molecule has 1 aliphatic heterocycles. The molecular formula is C29H26ClFN4O5. The van der Waals surface area contributed by atoms with Gasteiger partial charge in [-0.2, -0.15) is 0 Å². The Balaban J connectivity index is 1.23. The molecule has 9 nitrogen and oxygen atoms in total. The fourth-order valence-electron chi connectivity index (χ4n) is 4.57. The highest BCUT2D eigenvalue weighted by Gasteiger charge is 2.34. The van der Waals surface area contributed by atoms with Gasteiger partial charge in [-0.3, -0.25) is 4.79 Å². The van der Waals surface area contributed by atoms with Crippen LogP contribution in [-0.4, -0.2) is 35.5 Å². The van der Waals surface area contributed by atoms with Crippen LogP contribution in [0, 0.1) is 5.82 Å². The summed E-state index contributed by atoms with van der Waals surface area (Å²) >= 11 is 5.82. The molecule has 1 fully saturated rings. The Labute approximate surface area is 234 Å². The first kappa shape index (κ1) is 27.0. The van der Waals surface area contributed by atoms with E-state index >= 15 is 0 Å². The second-order valence-corrected chi connectivity index (χ2v) is 9.65. The second-order valence-electron chi connectivity index (χ2n) is 9.25. The standard InChI is InChI=1S/C29H26ClFN4O5/c30-22-9-4-8-19(26(22)31)17-32-28(37)35-12-5-10-23(35)27(36)34-20-14-24-21(11-13-39-24)25(15-20)40-29(38)33-16-18-6-2-1-3-7-18/h1-4,6-9,11,13-15,23H,5,10,12,16-17H2,(H,32,37)(H,33,38)(H,34,36)/t23-/m0/s1. The molecule has 1 aliphatic rings. The van der Waals surface area contributed by atoms with Gasteiger partial charge in [0, 0.05) is 43.0 Å². The number of urea groups is 1. The lowest BCUT2D eigenvalue weighted by Gasteiger charge is -2.24. The third-order valence-corrected chi connectivity index (χ3v) is 6.85. The lowest BCUT2D eigenvalue weighted by atomic mass is 10.1. The quantitative estimate of drug-likeness (QED) is 0.261. The fourth-order valence-corrected chi connectivity index (χ4v) is 4.76. The number of amides is 4. The van der Waals surface area contributed by atoms with Crippen LogP contribution in [0.25, 0.3) is 11.0 Å². The number of rotatable bonds is 7. The monoisotopic (exact) mass is 564 g/mol. The van der Waals surface area contributed by atoms with Crippen LogP contribution in [0.5, 0.6) is 5.75 Å². The number of nitrogens with zero attached hydrogens (tertiary/aromatic N) is 1. The highest BCUT2D eigenvalue weighted by atomic mass is 35.5. The maximum atomic E-state index is 14.2. The third-order valence-electron chi connectivity index (χ3n) is 6.56. The Kier molecular flexibility index (Phi) is 8.16. The molecule has 0 bridgehead atoms. The van der Waals surface area contributed by atoms with E-state index in [0.717, 1.165) is 5.56 Å². The number of nitrogens with one attached hydrogen (secondary N) is 3. The molecule has 0 saturated carbocycles. The topological polar surface area (TPSA) is 113 Å². The summed E-state index contributed by atoms with van der Waals surface area (Å²) in [6.45, 7) is 0.585. The van der Waals surface area contributed by atoms with Gasteiger partial charge in [0.1, 0.15) is 23.2 Å². The third kappa shape index (κ3) is 6.18. The molecule has 206 valence electrons. The van der Waals surface area contributed by atoms with Crippen molar-refractivity contribution < 1.29 is 27.9 Å². The summed E-state index contributed by atoms with van der Waals surface area (Å²) in [6.07, 6.45) is 1.88. The van der Waals surface area contributed by atoms with Crippen molar-refractivity contribution in [2.75, 3.05) is 11.9 Å². The number of benzene rings is 3. The number of carbonyl (C=O) groups excluding carboxylic acids is 3. The van der Waals surface area contributed by atoms with Crippen molar-refractivity contribution in [1.29, 1.82) is 0 Å². The molecule has 1 aromatic heterocycles. The van der Waals surface area contributed by atoms with Gasteiger partial charge < -0.3 is 30.0 Å². The molecule has 5 rings (SSSR count). The lowest BCUT2D eigenvalue weighted by molar-refractivity contribution is -0.119. The zero-order valence-corrected chi connectivity index (χ0v) is 22.0. The van der Waals surface area contributed by atoms with Gasteiger partial charge in [0.2, 0.25) is 5.91 Å². The molecule has 2 heterocycles. The SMILES string of the molecule is O=C(NCc1ccccc1)Oc1cc(NC(=O)[C@@H]2CCCN2C(=O)NCc2cccc(Cl)c2F)cc2occc12. The van der Waals surface area contributed by atoms with Gasteiger partial charge in [0.15, 0.2) is 0 Å². The number of likely N-dealkylation sites (tertiary alicyclic amines) is 1. The number of ether oxygens (including phenoxy) is 1. The van der Waals surface area contributed by atoms with E-state index in [1.54, 1.807) is 18.2 Å². The van der Waals surface area contributed by atoms with E-state index in [1.165, 1.54) is 29.4 Å². The Hall–Kier alpha value is -4.57. The summed E-state index contributed by atoms with van der Waals surface area (Å²) in [5, 5.41) is 8.69. The smallest absolute Gasteiger partial charge is 0.412 e. The summed E-state index contributed by atoms with van der Waals surface area (Å²) in [6, 6.07) is 17.5. The largest absolute Gasteiger partial charge is 0.464 e. The zero-order chi connectivity index (χ0) is 28.1. The number of carbonyl (C=O) groups is 3. The van der Waals surface area contributed by atoms with Crippen LogP contribution >= 0.6 is 11.6 Å². The molecule has 4 amide bonds. The van der Waals surface area contributed by atoms with E-state index in [9.17, 15) is 18.8 Å². The Bertz CT molecular complexity index is 1540. The summed E-state index contributed by atoms with van der Waals surface area (Å²) in [5.41, 5.74) is 1.91. The van der Waals surface area contributed by atoms with Crippen molar-refractivity contribution >= 4 is 46.3 Å². The number of anilines is 1. The first-order valence-corrected chi connectivity index (χ1v) is 13.1. The molecule has 40 heavy (non-hydrogen) atoms. The average molecular weight is 565 g/mol. The Morgan fingerprint density at radius 1 is 1.02 bits per heavy atom. The molecular weight excluding hydrogens is 539 g/mol. The second kappa shape index (κ2) is 12.1. The maximum Gasteiger partial charge on any atom is 0.412 e. The Morgan fingerprint density at radius 2 is 1.85 bits per heavy atom. The van der Waals surface area contributed by atoms with E-state index in [2.05, 4.69) is 16.0 Å². The number of hydrogen-bond donors (Lipinski definition) is 3. The van der Waals surface area contributed by atoms with Crippen molar-refractivity contribution in [3.63, 3.8) is 0 Å². The van der Waals surface area contributed by atoms with Gasteiger partial charge >= 0.3 is 12.1 Å². The Morgan fingerprint density at radius 3 is 2.67 bits per heavy atom. The zero-order valence-electron chi connectivity index (χ0n) is 21.3. The van der Waals surface area contributed by atoms with Gasteiger partial charge in [-0.15, -0.1) is 0 Å². The number of hydrogen-bond acceptors (Lipinski definition) is 5. The molecule has 3 N–H and O–H groups in total. The van der Waals surface area contributed by atoms with E-state index < -0.39 is 29.9 Å². The van der Waals surface area contributed by atoms with Crippen LogP contribution in [0.1, 0.15) is 24.0 Å². The molecule has 0 unspecified atom stereocenters. The van der Waals surface area contributed by atoms with Crippen LogP contribution in [0.3, 0.4) is 0 Å². The van der Waals surface area contributed by atoms with Crippen LogP contribution in [-0.2, 0) is 17.9 Å². The summed E-state index contributed by atoms with van der Waals surface area (Å²) < 4.78 is 25.2. The van der Waals surface area contributed by atoms with Crippen LogP contribution < -0.4 is 20.7 Å². The highest BCUT2D eigenvalue weighted by Crippen LogP contribution is 2.32. The normalized spacial score (nSPS) is 14.7. The van der Waals surface area contributed by atoms with E-state index in [-0.39, 0.29) is 29.4 Å². The van der Waals surface area contributed by atoms with Gasteiger partial charge in [0.25, 0.3) is 0 Å². The minimum absolute atomic E-state index is 0.0317. The van der Waals surface area contributed by atoms with Gasteiger partial charge in [-0.1, -0.05) is 54.1 Å².